The highest BCUT2D eigenvalue weighted by atomic mass is 16.5. The van der Waals surface area contributed by atoms with Gasteiger partial charge in [-0.25, -0.2) is 0 Å². The Morgan fingerprint density at radius 3 is 2.45 bits per heavy atom. The Balaban J connectivity index is 1.93. The molecule has 0 amide bonds. The lowest BCUT2D eigenvalue weighted by Gasteiger charge is -2.33. The van der Waals surface area contributed by atoms with Crippen molar-refractivity contribution >= 4 is 23.1 Å². The van der Waals surface area contributed by atoms with E-state index in [2.05, 4.69) is 10.6 Å². The molecule has 1 aliphatic carbocycles. The van der Waals surface area contributed by atoms with Gasteiger partial charge < -0.3 is 24.8 Å². The van der Waals surface area contributed by atoms with Gasteiger partial charge in [-0.15, -0.1) is 0 Å². The number of allylic oxidation sites excluding steroid dienone is 1. The number of carbonyl (C=O) groups is 2. The molecule has 3 atom stereocenters. The number of methoxy groups -OCH3 is 2. The van der Waals surface area contributed by atoms with Crippen LogP contribution in [0, 0.1) is 11.8 Å². The van der Waals surface area contributed by atoms with Crippen LogP contribution >= 0.6 is 0 Å². The monoisotopic (exact) mass is 450 g/mol. The van der Waals surface area contributed by atoms with Crippen LogP contribution in [0.15, 0.2) is 53.7 Å². The second-order valence-corrected chi connectivity index (χ2v) is 8.73. The Bertz CT molecular complexity index is 1110. The van der Waals surface area contributed by atoms with Crippen molar-refractivity contribution in [1.82, 2.24) is 0 Å². The number of Topliss-reactive ketones (excluding diaryl/α,β-unsaturated/α-hetero) is 1. The van der Waals surface area contributed by atoms with E-state index in [0.717, 1.165) is 22.6 Å². The second kappa shape index (κ2) is 9.17. The third-order valence-corrected chi connectivity index (χ3v) is 6.12. The van der Waals surface area contributed by atoms with Crippen molar-refractivity contribution in [1.29, 1.82) is 0 Å². The van der Waals surface area contributed by atoms with E-state index in [4.69, 9.17) is 14.2 Å². The van der Waals surface area contributed by atoms with E-state index >= 15 is 0 Å². The van der Waals surface area contributed by atoms with E-state index in [9.17, 15) is 9.59 Å². The second-order valence-electron chi connectivity index (χ2n) is 8.73. The maximum Gasteiger partial charge on any atom is 0.316 e. The summed E-state index contributed by atoms with van der Waals surface area (Å²) in [4.78, 5) is 26.4. The molecule has 4 rings (SSSR count). The van der Waals surface area contributed by atoms with Gasteiger partial charge in [0.1, 0.15) is 5.92 Å². The minimum Gasteiger partial charge on any atom is -0.493 e. The van der Waals surface area contributed by atoms with Crippen molar-refractivity contribution < 1.29 is 23.8 Å². The molecule has 174 valence electrons. The number of hydrogen-bond acceptors (Lipinski definition) is 7. The number of rotatable bonds is 5. The van der Waals surface area contributed by atoms with Gasteiger partial charge in [0.25, 0.3) is 0 Å². The topological polar surface area (TPSA) is 85.9 Å². The highest BCUT2D eigenvalue weighted by molar-refractivity contribution is 6.11. The zero-order valence-corrected chi connectivity index (χ0v) is 19.6. The molecule has 0 spiro atoms. The van der Waals surface area contributed by atoms with E-state index in [-0.39, 0.29) is 17.8 Å². The van der Waals surface area contributed by atoms with Crippen LogP contribution < -0.4 is 20.1 Å². The minimum atomic E-state index is -0.860. The summed E-state index contributed by atoms with van der Waals surface area (Å²) in [6.07, 6.45) is 0.437. The summed E-state index contributed by atoms with van der Waals surface area (Å²) in [7, 11) is 2.91. The fourth-order valence-corrected chi connectivity index (χ4v) is 4.65. The summed E-state index contributed by atoms with van der Waals surface area (Å²) < 4.78 is 16.8. The molecule has 2 aliphatic rings. The number of benzene rings is 2. The van der Waals surface area contributed by atoms with Gasteiger partial charge >= 0.3 is 5.97 Å². The summed E-state index contributed by atoms with van der Waals surface area (Å²) in [6.45, 7) is 5.79. The Kier molecular flexibility index (Phi) is 6.31. The van der Waals surface area contributed by atoms with Crippen LogP contribution in [-0.2, 0) is 14.3 Å². The number of ketones is 1. The molecule has 0 aromatic heterocycles. The Morgan fingerprint density at radius 2 is 1.79 bits per heavy atom. The number of hydrogen-bond donors (Lipinski definition) is 2. The number of para-hydroxylation sites is 3. The van der Waals surface area contributed by atoms with Crippen LogP contribution in [0.25, 0.3) is 0 Å². The molecule has 0 radical (unpaired) electrons. The molecule has 2 N–H and O–H groups in total. The summed E-state index contributed by atoms with van der Waals surface area (Å²) in [5, 5.41) is 6.99. The summed E-state index contributed by atoms with van der Waals surface area (Å²) in [6, 6.07) is 12.9. The summed E-state index contributed by atoms with van der Waals surface area (Å²) in [5.41, 5.74) is 3.80. The quantitative estimate of drug-likeness (QED) is 0.504. The minimum absolute atomic E-state index is 0.102. The highest BCUT2D eigenvalue weighted by Gasteiger charge is 2.45. The first-order valence-electron chi connectivity index (χ1n) is 11.2. The van der Waals surface area contributed by atoms with Crippen molar-refractivity contribution in [3.63, 3.8) is 0 Å². The molecule has 1 heterocycles. The van der Waals surface area contributed by atoms with Gasteiger partial charge in [-0.05, 0) is 44.4 Å². The molecular weight excluding hydrogens is 420 g/mol. The molecule has 33 heavy (non-hydrogen) atoms. The largest absolute Gasteiger partial charge is 0.493 e. The first kappa shape index (κ1) is 22.7. The van der Waals surface area contributed by atoms with Crippen LogP contribution in [0.4, 0.5) is 11.4 Å². The smallest absolute Gasteiger partial charge is 0.316 e. The molecule has 0 saturated carbocycles. The zero-order valence-electron chi connectivity index (χ0n) is 19.6. The normalized spacial score (nSPS) is 21.9. The molecular formula is C26H30N2O5. The number of esters is 1. The van der Waals surface area contributed by atoms with Crippen molar-refractivity contribution in [3.05, 3.63) is 59.3 Å². The summed E-state index contributed by atoms with van der Waals surface area (Å²) in [5.74, 6) is -0.660. The predicted molar refractivity (Wildman–Crippen MR) is 127 cm³/mol. The van der Waals surface area contributed by atoms with Gasteiger partial charge in [0.15, 0.2) is 17.3 Å². The SMILES string of the molecule is COC(=O)[C@@H]1C(=O)C2=C(C[C@@H]1C)Nc1ccccc1N[C@H]2c1cccc(OC)c1OC(C)C. The first-order chi connectivity index (χ1) is 15.8. The number of anilines is 2. The molecule has 0 fully saturated rings. The van der Waals surface area contributed by atoms with Gasteiger partial charge in [-0.3, -0.25) is 9.59 Å². The van der Waals surface area contributed by atoms with E-state index in [1.54, 1.807) is 7.11 Å². The maximum absolute atomic E-state index is 13.8. The van der Waals surface area contributed by atoms with Gasteiger partial charge in [0.2, 0.25) is 0 Å². The first-order valence-corrected chi connectivity index (χ1v) is 11.2. The number of carbonyl (C=O) groups excluding carboxylic acids is 2. The number of nitrogens with one attached hydrogen (secondary N) is 2. The highest BCUT2D eigenvalue weighted by Crippen LogP contribution is 2.47. The average Bonchev–Trinajstić information content (AvgIpc) is 2.95. The molecule has 2 aromatic rings. The predicted octanol–water partition coefficient (Wildman–Crippen LogP) is 4.71. The lowest BCUT2D eigenvalue weighted by atomic mass is 9.74. The van der Waals surface area contributed by atoms with Crippen molar-refractivity contribution in [3.8, 4) is 11.5 Å². The standard InChI is InChI=1S/C26H30N2O5/c1-14(2)33-25-16(9-8-12-20(25)31-4)23-22-19(27-17-10-6-7-11-18(17)28-23)13-15(3)21(24(22)29)26(30)32-5/h6-12,14-15,21,23,27-28H,13H2,1-5H3/t15-,21-,23-/m0/s1. The van der Waals surface area contributed by atoms with E-state index < -0.39 is 17.9 Å². The van der Waals surface area contributed by atoms with Gasteiger partial charge in [-0.1, -0.05) is 31.2 Å². The van der Waals surface area contributed by atoms with Crippen LogP contribution in [0.3, 0.4) is 0 Å². The fraction of sp³-hybridized carbons (Fsp3) is 0.385. The fourth-order valence-electron chi connectivity index (χ4n) is 4.65. The molecule has 7 nitrogen and oxygen atoms in total. The van der Waals surface area contributed by atoms with Crippen LogP contribution in [0.5, 0.6) is 11.5 Å². The van der Waals surface area contributed by atoms with Crippen molar-refractivity contribution in [2.75, 3.05) is 24.9 Å². The molecule has 0 saturated heterocycles. The Morgan fingerprint density at radius 1 is 1.06 bits per heavy atom. The Labute approximate surface area is 194 Å². The molecule has 1 aliphatic heterocycles. The van der Waals surface area contributed by atoms with Crippen LogP contribution in [-0.4, -0.2) is 32.1 Å². The molecule has 2 aromatic carbocycles. The third-order valence-electron chi connectivity index (χ3n) is 6.12. The van der Waals surface area contributed by atoms with Crippen molar-refractivity contribution in [2.24, 2.45) is 11.8 Å². The molecule has 7 heteroatoms. The van der Waals surface area contributed by atoms with Crippen LogP contribution in [0.1, 0.15) is 38.8 Å². The average molecular weight is 451 g/mol. The number of fused-ring (bicyclic) bond motifs is 1. The number of ether oxygens (including phenoxy) is 3. The molecule has 0 unspecified atom stereocenters. The van der Waals surface area contributed by atoms with E-state index in [1.807, 2.05) is 63.2 Å². The molecule has 0 bridgehead atoms. The van der Waals surface area contributed by atoms with Gasteiger partial charge in [0, 0.05) is 16.8 Å². The lowest BCUT2D eigenvalue weighted by molar-refractivity contribution is -0.151. The van der Waals surface area contributed by atoms with Gasteiger partial charge in [0.05, 0.1) is 37.7 Å². The summed E-state index contributed by atoms with van der Waals surface area (Å²) >= 11 is 0. The lowest BCUT2D eigenvalue weighted by Crippen LogP contribution is -2.39. The maximum atomic E-state index is 13.8. The van der Waals surface area contributed by atoms with E-state index in [1.165, 1.54) is 7.11 Å². The Hall–Kier alpha value is -3.48. The third kappa shape index (κ3) is 4.15. The van der Waals surface area contributed by atoms with Gasteiger partial charge in [-0.2, -0.15) is 0 Å². The van der Waals surface area contributed by atoms with E-state index in [0.29, 0.717) is 23.5 Å². The van der Waals surface area contributed by atoms with Crippen molar-refractivity contribution in [2.45, 2.75) is 39.3 Å². The van der Waals surface area contributed by atoms with Crippen LogP contribution in [0.2, 0.25) is 0 Å². The zero-order chi connectivity index (χ0) is 23.7.